The number of hydrogen-bond acceptors (Lipinski definition) is 3. The van der Waals surface area contributed by atoms with Crippen molar-refractivity contribution in [1.29, 1.82) is 0 Å². The van der Waals surface area contributed by atoms with Crippen molar-refractivity contribution < 1.29 is 9.47 Å². The minimum absolute atomic E-state index is 0.122. The van der Waals surface area contributed by atoms with Crippen LogP contribution in [0.4, 0.5) is 0 Å². The Balaban J connectivity index is 1.96. The first kappa shape index (κ1) is 13.4. The molecule has 0 fully saturated rings. The predicted octanol–water partition coefficient (Wildman–Crippen LogP) is 3.08. The lowest BCUT2D eigenvalue weighted by Gasteiger charge is -2.15. The molecular weight excluding hydrogens is 238 g/mol. The Morgan fingerprint density at radius 2 is 1.63 bits per heavy atom. The van der Waals surface area contributed by atoms with Gasteiger partial charge in [-0.1, -0.05) is 24.3 Å². The minimum atomic E-state index is -0.122. The molecule has 0 amide bonds. The predicted molar refractivity (Wildman–Crippen MR) is 76.6 cm³/mol. The van der Waals surface area contributed by atoms with E-state index in [1.807, 2.05) is 42.5 Å². The molecule has 100 valence electrons. The Bertz CT molecular complexity index is 523. The van der Waals surface area contributed by atoms with Crippen LogP contribution in [0.3, 0.4) is 0 Å². The molecular formula is C16H19NO2. The number of aryl methyl sites for hydroxylation is 1. The largest absolute Gasteiger partial charge is 0.497 e. The van der Waals surface area contributed by atoms with Crippen LogP contribution >= 0.6 is 0 Å². The molecule has 0 aliphatic rings. The zero-order valence-corrected chi connectivity index (χ0v) is 11.3. The van der Waals surface area contributed by atoms with Crippen molar-refractivity contribution in [3.63, 3.8) is 0 Å². The lowest BCUT2D eigenvalue weighted by atomic mass is 10.0. The number of nitrogens with two attached hydrogens (primary N) is 1. The Morgan fingerprint density at radius 1 is 1.00 bits per heavy atom. The van der Waals surface area contributed by atoms with Crippen LogP contribution in [-0.2, 0) is 0 Å². The molecule has 2 N–H and O–H groups in total. The second-order valence-corrected chi connectivity index (χ2v) is 4.45. The number of hydrogen-bond donors (Lipinski definition) is 1. The summed E-state index contributed by atoms with van der Waals surface area (Å²) in [6.45, 7) is 2.51. The van der Waals surface area contributed by atoms with Gasteiger partial charge >= 0.3 is 0 Å². The van der Waals surface area contributed by atoms with Crippen molar-refractivity contribution in [3.8, 4) is 11.5 Å². The summed E-state index contributed by atoms with van der Waals surface area (Å²) in [4.78, 5) is 0. The molecule has 0 spiro atoms. The maximum absolute atomic E-state index is 6.15. The lowest BCUT2D eigenvalue weighted by molar-refractivity contribution is 0.290. The highest BCUT2D eigenvalue weighted by Crippen LogP contribution is 2.20. The first-order valence-electron chi connectivity index (χ1n) is 6.28. The lowest BCUT2D eigenvalue weighted by Crippen LogP contribution is -2.19. The van der Waals surface area contributed by atoms with Gasteiger partial charge in [0.2, 0.25) is 0 Å². The fraction of sp³-hybridized carbons (Fsp3) is 0.250. The van der Waals surface area contributed by atoms with E-state index in [0.29, 0.717) is 6.61 Å². The highest BCUT2D eigenvalue weighted by atomic mass is 16.5. The van der Waals surface area contributed by atoms with E-state index in [4.69, 9.17) is 15.2 Å². The summed E-state index contributed by atoms with van der Waals surface area (Å²) < 4.78 is 10.8. The van der Waals surface area contributed by atoms with Gasteiger partial charge in [-0.3, -0.25) is 0 Å². The normalized spacial score (nSPS) is 11.9. The highest BCUT2D eigenvalue weighted by Gasteiger charge is 2.09. The Morgan fingerprint density at radius 3 is 2.26 bits per heavy atom. The van der Waals surface area contributed by atoms with Crippen LogP contribution in [0.1, 0.15) is 17.2 Å². The summed E-state index contributed by atoms with van der Waals surface area (Å²) in [6.07, 6.45) is 0. The van der Waals surface area contributed by atoms with E-state index < -0.39 is 0 Å². The van der Waals surface area contributed by atoms with Crippen LogP contribution in [0.2, 0.25) is 0 Å². The van der Waals surface area contributed by atoms with Crippen molar-refractivity contribution in [3.05, 3.63) is 59.7 Å². The van der Waals surface area contributed by atoms with Crippen LogP contribution < -0.4 is 15.2 Å². The van der Waals surface area contributed by atoms with E-state index in [9.17, 15) is 0 Å². The number of rotatable bonds is 5. The Hall–Kier alpha value is -2.00. The van der Waals surface area contributed by atoms with Gasteiger partial charge in [-0.2, -0.15) is 0 Å². The van der Waals surface area contributed by atoms with Crippen LogP contribution in [0.5, 0.6) is 11.5 Å². The second-order valence-electron chi connectivity index (χ2n) is 4.45. The average molecular weight is 257 g/mol. The number of ether oxygens (including phenoxy) is 2. The van der Waals surface area contributed by atoms with Gasteiger partial charge in [0, 0.05) is 0 Å². The molecule has 0 heterocycles. The van der Waals surface area contributed by atoms with E-state index in [0.717, 1.165) is 17.1 Å². The number of benzene rings is 2. The van der Waals surface area contributed by atoms with E-state index in [1.165, 1.54) is 5.56 Å². The summed E-state index contributed by atoms with van der Waals surface area (Å²) in [5, 5.41) is 0. The van der Waals surface area contributed by atoms with Gasteiger partial charge in [-0.05, 0) is 42.3 Å². The van der Waals surface area contributed by atoms with E-state index in [-0.39, 0.29) is 6.04 Å². The van der Waals surface area contributed by atoms with E-state index in [1.54, 1.807) is 7.11 Å². The summed E-state index contributed by atoms with van der Waals surface area (Å²) in [6, 6.07) is 15.5. The van der Waals surface area contributed by atoms with Crippen LogP contribution in [0.15, 0.2) is 48.5 Å². The molecule has 0 aliphatic heterocycles. The quantitative estimate of drug-likeness (QED) is 0.895. The van der Waals surface area contributed by atoms with Gasteiger partial charge in [0.1, 0.15) is 18.1 Å². The smallest absolute Gasteiger partial charge is 0.119 e. The topological polar surface area (TPSA) is 44.5 Å². The third-order valence-corrected chi connectivity index (χ3v) is 3.08. The molecule has 19 heavy (non-hydrogen) atoms. The first-order chi connectivity index (χ1) is 9.20. The molecule has 0 bridgehead atoms. The van der Waals surface area contributed by atoms with Crippen molar-refractivity contribution in [2.75, 3.05) is 13.7 Å². The van der Waals surface area contributed by atoms with Crippen LogP contribution in [0, 0.1) is 6.92 Å². The van der Waals surface area contributed by atoms with Crippen molar-refractivity contribution in [2.45, 2.75) is 13.0 Å². The van der Waals surface area contributed by atoms with Gasteiger partial charge in [0.25, 0.3) is 0 Å². The van der Waals surface area contributed by atoms with Gasteiger partial charge in [0.15, 0.2) is 0 Å². The van der Waals surface area contributed by atoms with Crippen molar-refractivity contribution in [1.82, 2.24) is 0 Å². The molecule has 0 aromatic heterocycles. The van der Waals surface area contributed by atoms with Gasteiger partial charge < -0.3 is 15.2 Å². The summed E-state index contributed by atoms with van der Waals surface area (Å²) in [5.41, 5.74) is 8.46. The molecule has 3 nitrogen and oxygen atoms in total. The van der Waals surface area contributed by atoms with Gasteiger partial charge in [-0.15, -0.1) is 0 Å². The molecule has 2 rings (SSSR count). The van der Waals surface area contributed by atoms with Crippen LogP contribution in [-0.4, -0.2) is 13.7 Å². The average Bonchev–Trinajstić information content (AvgIpc) is 2.46. The summed E-state index contributed by atoms with van der Waals surface area (Å²) in [7, 11) is 1.64. The number of methoxy groups -OCH3 is 1. The van der Waals surface area contributed by atoms with Gasteiger partial charge in [0.05, 0.1) is 13.2 Å². The summed E-state index contributed by atoms with van der Waals surface area (Å²) in [5.74, 6) is 1.61. The maximum Gasteiger partial charge on any atom is 0.119 e. The highest BCUT2D eigenvalue weighted by molar-refractivity contribution is 5.32. The molecule has 2 aromatic carbocycles. The van der Waals surface area contributed by atoms with Crippen LogP contribution in [0.25, 0.3) is 0 Å². The van der Waals surface area contributed by atoms with Crippen molar-refractivity contribution >= 4 is 0 Å². The third kappa shape index (κ3) is 3.48. The van der Waals surface area contributed by atoms with E-state index >= 15 is 0 Å². The molecule has 0 radical (unpaired) electrons. The molecule has 0 saturated carbocycles. The second kappa shape index (κ2) is 6.25. The first-order valence-corrected chi connectivity index (χ1v) is 6.28. The molecule has 3 heteroatoms. The fourth-order valence-corrected chi connectivity index (χ4v) is 1.95. The molecule has 2 aromatic rings. The fourth-order valence-electron chi connectivity index (χ4n) is 1.95. The SMILES string of the molecule is COc1ccc(OCC(N)c2ccccc2C)cc1. The maximum atomic E-state index is 6.15. The zero-order chi connectivity index (χ0) is 13.7. The third-order valence-electron chi connectivity index (χ3n) is 3.08. The zero-order valence-electron chi connectivity index (χ0n) is 11.3. The molecule has 0 aliphatic carbocycles. The Labute approximate surface area is 114 Å². The standard InChI is InChI=1S/C16H19NO2/c1-12-5-3-4-6-15(12)16(17)11-19-14-9-7-13(18-2)8-10-14/h3-10,16H,11,17H2,1-2H3. The minimum Gasteiger partial charge on any atom is -0.497 e. The molecule has 1 unspecified atom stereocenters. The molecule has 0 saturated heterocycles. The van der Waals surface area contributed by atoms with Gasteiger partial charge in [-0.25, -0.2) is 0 Å². The monoisotopic (exact) mass is 257 g/mol. The van der Waals surface area contributed by atoms with E-state index in [2.05, 4.69) is 13.0 Å². The summed E-state index contributed by atoms with van der Waals surface area (Å²) >= 11 is 0. The molecule has 1 atom stereocenters. The Kier molecular flexibility index (Phi) is 4.42. The van der Waals surface area contributed by atoms with Crippen molar-refractivity contribution in [2.24, 2.45) is 5.73 Å².